The van der Waals surface area contributed by atoms with E-state index in [9.17, 15) is 8.42 Å². The van der Waals surface area contributed by atoms with E-state index in [-0.39, 0.29) is 5.41 Å². The fraction of sp³-hybridized carbons (Fsp3) is 0.571. The lowest BCUT2D eigenvalue weighted by Crippen LogP contribution is -2.33. The Balaban J connectivity index is 1.84. The molecule has 104 valence electrons. The zero-order valence-electron chi connectivity index (χ0n) is 11.2. The van der Waals surface area contributed by atoms with E-state index in [1.54, 1.807) is 16.4 Å². The molecule has 1 aromatic rings. The number of rotatable bonds is 2. The van der Waals surface area contributed by atoms with E-state index < -0.39 is 10.0 Å². The molecule has 5 heteroatoms. The predicted molar refractivity (Wildman–Crippen MR) is 74.5 cm³/mol. The van der Waals surface area contributed by atoms with Gasteiger partial charge in [-0.05, 0) is 43.9 Å². The van der Waals surface area contributed by atoms with Crippen LogP contribution in [-0.4, -0.2) is 38.9 Å². The number of sulfonamides is 1. The molecule has 19 heavy (non-hydrogen) atoms. The third-order valence-corrected chi connectivity index (χ3v) is 6.25. The molecule has 0 amide bonds. The van der Waals surface area contributed by atoms with Crippen molar-refractivity contribution in [3.8, 4) is 0 Å². The second-order valence-corrected chi connectivity index (χ2v) is 7.77. The number of nitrogens with one attached hydrogen (secondary N) is 1. The largest absolute Gasteiger partial charge is 0.316 e. The molecule has 3 rings (SSSR count). The van der Waals surface area contributed by atoms with Crippen molar-refractivity contribution in [1.29, 1.82) is 0 Å². The second kappa shape index (κ2) is 4.58. The fourth-order valence-electron chi connectivity index (χ4n) is 3.10. The van der Waals surface area contributed by atoms with Gasteiger partial charge in [0.05, 0.1) is 4.90 Å². The lowest BCUT2D eigenvalue weighted by atomic mass is 9.87. The molecule has 4 nitrogen and oxygen atoms in total. The lowest BCUT2D eigenvalue weighted by Gasteiger charge is -2.22. The van der Waals surface area contributed by atoms with Crippen LogP contribution in [0.3, 0.4) is 0 Å². The molecule has 1 atom stereocenters. The predicted octanol–water partition coefficient (Wildman–Crippen LogP) is 1.37. The van der Waals surface area contributed by atoms with E-state index >= 15 is 0 Å². The van der Waals surface area contributed by atoms with Crippen molar-refractivity contribution in [1.82, 2.24) is 9.62 Å². The molecule has 1 unspecified atom stereocenters. The Labute approximate surface area is 114 Å². The summed E-state index contributed by atoms with van der Waals surface area (Å²) in [5, 5.41) is 3.35. The molecule has 2 heterocycles. The van der Waals surface area contributed by atoms with Gasteiger partial charge in [0.1, 0.15) is 0 Å². The first-order valence-corrected chi connectivity index (χ1v) is 8.24. The molecule has 2 fully saturated rings. The van der Waals surface area contributed by atoms with Crippen molar-refractivity contribution >= 4 is 10.0 Å². The Morgan fingerprint density at radius 3 is 2.58 bits per heavy atom. The zero-order valence-corrected chi connectivity index (χ0v) is 12.0. The van der Waals surface area contributed by atoms with Crippen molar-refractivity contribution in [2.45, 2.75) is 24.7 Å². The third-order valence-electron chi connectivity index (χ3n) is 4.39. The van der Waals surface area contributed by atoms with E-state index in [1.807, 2.05) is 19.1 Å². The zero-order chi connectivity index (χ0) is 13.5. The second-order valence-electron chi connectivity index (χ2n) is 5.83. The summed E-state index contributed by atoms with van der Waals surface area (Å²) in [4.78, 5) is 0.418. The lowest BCUT2D eigenvalue weighted by molar-refractivity contribution is 0.338. The SMILES string of the molecule is Cc1ccc(S(=O)(=O)N2CCC3(CCNC3)C2)cc1. The average molecular weight is 280 g/mol. The summed E-state index contributed by atoms with van der Waals surface area (Å²) in [5.74, 6) is 0. The van der Waals surface area contributed by atoms with Gasteiger partial charge in [0.15, 0.2) is 0 Å². The number of hydrogen-bond acceptors (Lipinski definition) is 3. The van der Waals surface area contributed by atoms with E-state index in [4.69, 9.17) is 0 Å². The maximum Gasteiger partial charge on any atom is 0.243 e. The number of hydrogen-bond donors (Lipinski definition) is 1. The maximum absolute atomic E-state index is 12.6. The van der Waals surface area contributed by atoms with Crippen LogP contribution >= 0.6 is 0 Å². The molecule has 0 radical (unpaired) electrons. The molecule has 0 bridgehead atoms. The highest BCUT2D eigenvalue weighted by atomic mass is 32.2. The summed E-state index contributed by atoms with van der Waals surface area (Å²) >= 11 is 0. The maximum atomic E-state index is 12.6. The van der Waals surface area contributed by atoms with Crippen LogP contribution in [-0.2, 0) is 10.0 Å². The van der Waals surface area contributed by atoms with Gasteiger partial charge in [-0.15, -0.1) is 0 Å². The van der Waals surface area contributed by atoms with Crippen LogP contribution < -0.4 is 5.32 Å². The summed E-state index contributed by atoms with van der Waals surface area (Å²) in [7, 11) is -3.31. The first kappa shape index (κ1) is 13.1. The van der Waals surface area contributed by atoms with Crippen molar-refractivity contribution < 1.29 is 8.42 Å². The topological polar surface area (TPSA) is 49.4 Å². The van der Waals surface area contributed by atoms with E-state index in [2.05, 4.69) is 5.32 Å². The summed E-state index contributed by atoms with van der Waals surface area (Å²) in [5.41, 5.74) is 1.26. The minimum absolute atomic E-state index is 0.178. The highest BCUT2D eigenvalue weighted by Gasteiger charge is 2.44. The van der Waals surface area contributed by atoms with Gasteiger partial charge in [0, 0.05) is 19.6 Å². The van der Waals surface area contributed by atoms with E-state index in [0.717, 1.165) is 31.5 Å². The summed E-state index contributed by atoms with van der Waals surface area (Å²) in [6.45, 7) is 5.24. The van der Waals surface area contributed by atoms with Crippen LogP contribution in [0.1, 0.15) is 18.4 Å². The van der Waals surface area contributed by atoms with Crippen molar-refractivity contribution in [2.75, 3.05) is 26.2 Å². The number of benzene rings is 1. The van der Waals surface area contributed by atoms with Gasteiger partial charge >= 0.3 is 0 Å². The smallest absolute Gasteiger partial charge is 0.243 e. The van der Waals surface area contributed by atoms with Gasteiger partial charge < -0.3 is 5.32 Å². The quantitative estimate of drug-likeness (QED) is 0.890. The molecule has 0 saturated carbocycles. The minimum atomic E-state index is -3.31. The van der Waals surface area contributed by atoms with Crippen molar-refractivity contribution in [3.05, 3.63) is 29.8 Å². The summed E-state index contributed by atoms with van der Waals surface area (Å²) in [6, 6.07) is 7.14. The van der Waals surface area contributed by atoms with Gasteiger partial charge in [-0.2, -0.15) is 4.31 Å². The molecule has 0 aliphatic carbocycles. The molecule has 2 aliphatic heterocycles. The van der Waals surface area contributed by atoms with Gasteiger partial charge in [-0.3, -0.25) is 0 Å². The van der Waals surface area contributed by atoms with Crippen LogP contribution in [0.4, 0.5) is 0 Å². The normalized spacial score (nSPS) is 28.3. The molecule has 2 saturated heterocycles. The number of nitrogens with zero attached hydrogens (tertiary/aromatic N) is 1. The molecule has 1 aromatic carbocycles. The fourth-order valence-corrected chi connectivity index (χ4v) is 4.66. The Morgan fingerprint density at radius 1 is 1.21 bits per heavy atom. The highest BCUT2D eigenvalue weighted by molar-refractivity contribution is 7.89. The van der Waals surface area contributed by atoms with Crippen LogP contribution in [0.25, 0.3) is 0 Å². The van der Waals surface area contributed by atoms with Gasteiger partial charge in [0.25, 0.3) is 0 Å². The summed E-state index contributed by atoms with van der Waals surface area (Å²) < 4.78 is 26.8. The van der Waals surface area contributed by atoms with Crippen LogP contribution in [0.2, 0.25) is 0 Å². The molecular weight excluding hydrogens is 260 g/mol. The number of aryl methyl sites for hydroxylation is 1. The standard InChI is InChI=1S/C14H20N2O2S/c1-12-2-4-13(5-3-12)19(17,18)16-9-7-14(11-16)6-8-15-10-14/h2-5,15H,6-11H2,1H3. The van der Waals surface area contributed by atoms with Crippen molar-refractivity contribution in [2.24, 2.45) is 5.41 Å². The molecule has 1 N–H and O–H groups in total. The first-order valence-electron chi connectivity index (χ1n) is 6.80. The Bertz CT molecular complexity index is 560. The van der Waals surface area contributed by atoms with Gasteiger partial charge in [0.2, 0.25) is 10.0 Å². The Morgan fingerprint density at radius 2 is 1.95 bits per heavy atom. The van der Waals surface area contributed by atoms with Crippen molar-refractivity contribution in [3.63, 3.8) is 0 Å². The first-order chi connectivity index (χ1) is 9.02. The highest BCUT2D eigenvalue weighted by Crippen LogP contribution is 2.38. The molecule has 0 aromatic heterocycles. The Hall–Kier alpha value is -0.910. The summed E-state index contributed by atoms with van der Waals surface area (Å²) in [6.07, 6.45) is 2.07. The van der Waals surface area contributed by atoms with E-state index in [1.165, 1.54) is 0 Å². The molecule has 2 aliphatic rings. The third kappa shape index (κ3) is 2.30. The van der Waals surface area contributed by atoms with Crippen LogP contribution in [0, 0.1) is 12.3 Å². The van der Waals surface area contributed by atoms with Crippen LogP contribution in [0.15, 0.2) is 29.2 Å². The van der Waals surface area contributed by atoms with E-state index in [0.29, 0.717) is 18.0 Å². The molecular formula is C14H20N2O2S. The van der Waals surface area contributed by atoms with Gasteiger partial charge in [-0.1, -0.05) is 17.7 Å². The van der Waals surface area contributed by atoms with Gasteiger partial charge in [-0.25, -0.2) is 8.42 Å². The minimum Gasteiger partial charge on any atom is -0.316 e. The molecule has 1 spiro atoms. The Kier molecular flexibility index (Phi) is 3.15. The average Bonchev–Trinajstić information content (AvgIpc) is 3.01. The monoisotopic (exact) mass is 280 g/mol. The van der Waals surface area contributed by atoms with Crippen LogP contribution in [0.5, 0.6) is 0 Å².